The van der Waals surface area contributed by atoms with Crippen LogP contribution in [0.4, 0.5) is 0 Å². The summed E-state index contributed by atoms with van der Waals surface area (Å²) >= 11 is 0. The minimum atomic E-state index is -1.04. The van der Waals surface area contributed by atoms with Gasteiger partial charge < -0.3 is 5.11 Å². The second-order valence-corrected chi connectivity index (χ2v) is 0.918. The van der Waals surface area contributed by atoms with E-state index in [1.54, 1.807) is 0 Å². The molecular formula is C3H2NO4-. The van der Waals surface area contributed by atoms with Gasteiger partial charge in [0.1, 0.15) is 0 Å². The molecule has 0 spiro atoms. The lowest BCUT2D eigenvalue weighted by Gasteiger charge is -1.87. The first-order valence-electron chi connectivity index (χ1n) is 1.64. The molecule has 0 fully saturated rings. The van der Waals surface area contributed by atoms with Crippen LogP contribution in [0.3, 0.4) is 0 Å². The van der Waals surface area contributed by atoms with Gasteiger partial charge in [-0.2, -0.15) is 0 Å². The van der Waals surface area contributed by atoms with Gasteiger partial charge in [-0.1, -0.05) is 6.26 Å². The molecule has 44 valence electrons. The van der Waals surface area contributed by atoms with Gasteiger partial charge >= 0.3 is 0 Å². The van der Waals surface area contributed by atoms with Crippen molar-refractivity contribution in [3.05, 3.63) is 22.1 Å². The molecule has 0 N–H and O–H groups in total. The predicted molar refractivity (Wildman–Crippen MR) is 21.1 cm³/mol. The van der Waals surface area contributed by atoms with Crippen LogP contribution in [0.15, 0.2) is 12.0 Å². The Kier molecular flexibility index (Phi) is 2.25. The van der Waals surface area contributed by atoms with Crippen LogP contribution in [0.2, 0.25) is 0 Å². The Balaban J connectivity index is 4.13. The molecule has 0 aliphatic heterocycles. The van der Waals surface area contributed by atoms with Gasteiger partial charge in [0.25, 0.3) is 5.70 Å². The van der Waals surface area contributed by atoms with Crippen molar-refractivity contribution >= 4 is 6.29 Å². The lowest BCUT2D eigenvalue weighted by Crippen LogP contribution is -2.04. The lowest BCUT2D eigenvalue weighted by atomic mass is 10.6. The molecule has 0 aromatic rings. The van der Waals surface area contributed by atoms with Crippen molar-refractivity contribution < 1.29 is 14.8 Å². The standard InChI is InChI=1S/C3H3NO4/c5-1-3(2-6)4(7)8/h1-2,5H/p-1/b3-1-. The summed E-state index contributed by atoms with van der Waals surface area (Å²) in [5.41, 5.74) is -0.954. The van der Waals surface area contributed by atoms with Crippen LogP contribution in [0, 0.1) is 10.1 Å². The summed E-state index contributed by atoms with van der Waals surface area (Å²) in [4.78, 5) is 17.9. The van der Waals surface area contributed by atoms with Crippen LogP contribution in [0.5, 0.6) is 0 Å². The molecule has 0 radical (unpaired) electrons. The minimum absolute atomic E-state index is 0.104. The zero-order valence-corrected chi connectivity index (χ0v) is 3.73. The Bertz CT molecular complexity index is 138. The van der Waals surface area contributed by atoms with Gasteiger partial charge in [0.15, 0.2) is 0 Å². The Morgan fingerprint density at radius 3 is 2.12 bits per heavy atom. The smallest absolute Gasteiger partial charge is 0.293 e. The summed E-state index contributed by atoms with van der Waals surface area (Å²) < 4.78 is 0. The highest BCUT2D eigenvalue weighted by Gasteiger charge is 2.01. The number of allylic oxidation sites excluding steroid dienone is 1. The monoisotopic (exact) mass is 116 g/mol. The van der Waals surface area contributed by atoms with E-state index in [0.717, 1.165) is 0 Å². The molecule has 0 aromatic heterocycles. The van der Waals surface area contributed by atoms with E-state index in [1.807, 2.05) is 0 Å². The number of carbonyl (C=O) groups excluding carboxylic acids is 1. The maximum atomic E-state index is 9.47. The van der Waals surface area contributed by atoms with Gasteiger partial charge in [-0.15, -0.1) is 0 Å². The largest absolute Gasteiger partial charge is 0.873 e. The summed E-state index contributed by atoms with van der Waals surface area (Å²) in [6.07, 6.45) is -0.208. The van der Waals surface area contributed by atoms with Gasteiger partial charge in [0.2, 0.25) is 6.29 Å². The maximum Gasteiger partial charge on any atom is 0.293 e. The fourth-order valence-electron chi connectivity index (χ4n) is 0.114. The second kappa shape index (κ2) is 2.73. The average Bonchev–Trinajstić information content (AvgIpc) is 1.69. The van der Waals surface area contributed by atoms with E-state index in [9.17, 15) is 20.0 Å². The topological polar surface area (TPSA) is 83.3 Å². The number of aldehydes is 1. The fraction of sp³-hybridized carbons (Fsp3) is 0. The van der Waals surface area contributed by atoms with Crippen LogP contribution in [-0.2, 0) is 4.79 Å². The van der Waals surface area contributed by atoms with Crippen molar-refractivity contribution in [2.24, 2.45) is 0 Å². The molecule has 0 aromatic carbocycles. The van der Waals surface area contributed by atoms with Crippen molar-refractivity contribution in [1.82, 2.24) is 0 Å². The normalized spacial score (nSPS) is 10.8. The Hall–Kier alpha value is -1.39. The van der Waals surface area contributed by atoms with Crippen LogP contribution in [0.25, 0.3) is 0 Å². The van der Waals surface area contributed by atoms with Gasteiger partial charge in [-0.05, 0) is 0 Å². The molecule has 0 bridgehead atoms. The van der Waals surface area contributed by atoms with E-state index in [4.69, 9.17) is 0 Å². The fourth-order valence-corrected chi connectivity index (χ4v) is 0.114. The first-order valence-corrected chi connectivity index (χ1v) is 1.64. The average molecular weight is 116 g/mol. The third-order valence-electron chi connectivity index (χ3n) is 0.452. The van der Waals surface area contributed by atoms with E-state index in [2.05, 4.69) is 0 Å². The van der Waals surface area contributed by atoms with E-state index < -0.39 is 10.6 Å². The maximum absolute atomic E-state index is 9.47. The molecule has 0 saturated carbocycles. The van der Waals surface area contributed by atoms with E-state index in [1.165, 1.54) is 0 Å². The number of nitro groups is 1. The van der Waals surface area contributed by atoms with Crippen LogP contribution in [0.1, 0.15) is 0 Å². The molecule has 0 heterocycles. The third kappa shape index (κ3) is 1.38. The van der Waals surface area contributed by atoms with Gasteiger partial charge in [-0.25, -0.2) is 0 Å². The Labute approximate surface area is 44.4 Å². The number of hydrogen-bond donors (Lipinski definition) is 0. The number of nitrogens with zero attached hydrogens (tertiary/aromatic N) is 1. The quantitative estimate of drug-likeness (QED) is 0.147. The van der Waals surface area contributed by atoms with Crippen molar-refractivity contribution in [3.63, 3.8) is 0 Å². The van der Waals surface area contributed by atoms with E-state index >= 15 is 0 Å². The predicted octanol–water partition coefficient (Wildman–Crippen LogP) is -1.34. The van der Waals surface area contributed by atoms with Crippen molar-refractivity contribution in [2.45, 2.75) is 0 Å². The molecule has 5 nitrogen and oxygen atoms in total. The lowest BCUT2D eigenvalue weighted by molar-refractivity contribution is -0.429. The molecule has 8 heavy (non-hydrogen) atoms. The summed E-state index contributed by atoms with van der Waals surface area (Å²) in [5.74, 6) is 0. The second-order valence-electron chi connectivity index (χ2n) is 0.918. The highest BCUT2D eigenvalue weighted by Crippen LogP contribution is 1.83. The molecule has 0 atom stereocenters. The van der Waals surface area contributed by atoms with Crippen molar-refractivity contribution in [1.29, 1.82) is 0 Å². The first kappa shape index (κ1) is 6.61. The third-order valence-corrected chi connectivity index (χ3v) is 0.452. The van der Waals surface area contributed by atoms with E-state index in [0.29, 0.717) is 0 Å². The van der Waals surface area contributed by atoms with E-state index in [-0.39, 0.29) is 12.5 Å². The Morgan fingerprint density at radius 2 is 2.12 bits per heavy atom. The van der Waals surface area contributed by atoms with Gasteiger partial charge in [0.05, 0.1) is 4.92 Å². The summed E-state index contributed by atoms with van der Waals surface area (Å²) in [7, 11) is 0. The molecule has 0 unspecified atom stereocenters. The molecule has 0 rings (SSSR count). The first-order chi connectivity index (χ1) is 3.72. The molecule has 5 heteroatoms. The van der Waals surface area contributed by atoms with Crippen LogP contribution < -0.4 is 5.11 Å². The van der Waals surface area contributed by atoms with Gasteiger partial charge in [0, 0.05) is 0 Å². The molecular weight excluding hydrogens is 114 g/mol. The van der Waals surface area contributed by atoms with Gasteiger partial charge in [-0.3, -0.25) is 14.9 Å². The number of rotatable bonds is 2. The number of carbonyl (C=O) groups is 1. The molecule has 0 amide bonds. The highest BCUT2D eigenvalue weighted by molar-refractivity contribution is 5.68. The Morgan fingerprint density at radius 1 is 1.62 bits per heavy atom. The summed E-state index contributed by atoms with van der Waals surface area (Å²) in [5, 5.41) is 18.9. The summed E-state index contributed by atoms with van der Waals surface area (Å²) in [6, 6.07) is 0. The van der Waals surface area contributed by atoms with Crippen molar-refractivity contribution in [3.8, 4) is 0 Å². The molecule has 0 aliphatic rings. The highest BCUT2D eigenvalue weighted by atomic mass is 16.6. The SMILES string of the molecule is O=C/C(=C/[O-])[N+](=O)[O-]. The van der Waals surface area contributed by atoms with Crippen molar-refractivity contribution in [2.75, 3.05) is 0 Å². The summed E-state index contributed by atoms with van der Waals surface area (Å²) in [6.45, 7) is 0. The zero-order valence-electron chi connectivity index (χ0n) is 3.73. The van der Waals surface area contributed by atoms with Crippen LogP contribution in [-0.4, -0.2) is 11.2 Å². The number of hydrogen-bond acceptors (Lipinski definition) is 4. The minimum Gasteiger partial charge on any atom is -0.873 e. The van der Waals surface area contributed by atoms with Crippen LogP contribution >= 0.6 is 0 Å². The zero-order chi connectivity index (χ0) is 6.57. The molecule has 0 aliphatic carbocycles. The molecule has 0 saturated heterocycles.